The number of phenols is 1. The van der Waals surface area contributed by atoms with Gasteiger partial charge in [-0.15, -0.1) is 0 Å². The summed E-state index contributed by atoms with van der Waals surface area (Å²) in [5.41, 5.74) is -0.384. The lowest BCUT2D eigenvalue weighted by atomic mass is 10.0. The van der Waals surface area contributed by atoms with Crippen molar-refractivity contribution >= 4 is 0 Å². The lowest BCUT2D eigenvalue weighted by Gasteiger charge is -2.17. The largest absolute Gasteiger partial charge is 0.507 e. The summed E-state index contributed by atoms with van der Waals surface area (Å²) in [7, 11) is 0. The molecule has 2 heterocycles. The second kappa shape index (κ2) is 4.31. The fourth-order valence-corrected chi connectivity index (χ4v) is 2.18. The Hall–Kier alpha value is -1.95. The molecule has 2 aromatic rings. The Kier molecular flexibility index (Phi) is 2.74. The number of aromatic hydroxyl groups is 1. The number of halogens is 1. The van der Waals surface area contributed by atoms with Crippen molar-refractivity contribution < 1.29 is 18.8 Å². The highest BCUT2D eigenvalue weighted by Crippen LogP contribution is 2.36. The molecule has 1 aliphatic rings. The predicted molar refractivity (Wildman–Crippen MR) is 63.9 cm³/mol. The van der Waals surface area contributed by atoms with Gasteiger partial charge in [-0.1, -0.05) is 5.16 Å². The van der Waals surface area contributed by atoms with Crippen molar-refractivity contribution in [1.82, 2.24) is 10.1 Å². The molecule has 0 bridgehead atoms. The van der Waals surface area contributed by atoms with Gasteiger partial charge in [0.2, 0.25) is 5.82 Å². The minimum absolute atomic E-state index is 0.0868. The van der Waals surface area contributed by atoms with E-state index in [4.69, 9.17) is 9.26 Å². The van der Waals surface area contributed by atoms with E-state index in [1.54, 1.807) is 0 Å². The second-order valence-corrected chi connectivity index (χ2v) is 4.77. The molecular formula is C13H13FN2O3. The van der Waals surface area contributed by atoms with Gasteiger partial charge in [-0.25, -0.2) is 4.39 Å². The standard InChI is InChI=1S/C13H13FN2O3/c1-13(5-2-6-18-13)12-15-11(19-16-12)9-7-8(14)3-4-10(9)17/h3-4,7,17H,2,5-6H2,1H3. The number of nitrogens with zero attached hydrogens (tertiary/aromatic N) is 2. The maximum atomic E-state index is 13.2. The molecule has 1 saturated heterocycles. The fraction of sp³-hybridized carbons (Fsp3) is 0.385. The van der Waals surface area contributed by atoms with Crippen molar-refractivity contribution in [3.63, 3.8) is 0 Å². The Morgan fingerprint density at radius 2 is 2.26 bits per heavy atom. The van der Waals surface area contributed by atoms with Gasteiger partial charge in [-0.3, -0.25) is 0 Å². The summed E-state index contributed by atoms with van der Waals surface area (Å²) in [6, 6.07) is 3.57. The molecule has 1 N–H and O–H groups in total. The van der Waals surface area contributed by atoms with Crippen LogP contribution in [0.2, 0.25) is 0 Å². The maximum Gasteiger partial charge on any atom is 0.261 e. The van der Waals surface area contributed by atoms with Crippen molar-refractivity contribution in [3.8, 4) is 17.2 Å². The number of phenolic OH excluding ortho intramolecular Hbond substituents is 1. The zero-order chi connectivity index (χ0) is 13.5. The van der Waals surface area contributed by atoms with E-state index in [1.807, 2.05) is 6.92 Å². The molecule has 1 atom stereocenters. The highest BCUT2D eigenvalue weighted by atomic mass is 19.1. The molecular weight excluding hydrogens is 251 g/mol. The van der Waals surface area contributed by atoms with E-state index in [1.165, 1.54) is 6.07 Å². The first-order chi connectivity index (χ1) is 9.08. The zero-order valence-electron chi connectivity index (χ0n) is 10.4. The molecule has 0 amide bonds. The first-order valence-corrected chi connectivity index (χ1v) is 6.05. The topological polar surface area (TPSA) is 68.4 Å². The fourth-order valence-electron chi connectivity index (χ4n) is 2.18. The molecule has 1 unspecified atom stereocenters. The summed E-state index contributed by atoms with van der Waals surface area (Å²) in [6.45, 7) is 2.55. The van der Waals surface area contributed by atoms with Gasteiger partial charge in [-0.2, -0.15) is 4.98 Å². The van der Waals surface area contributed by atoms with E-state index in [0.717, 1.165) is 25.0 Å². The molecule has 0 aliphatic carbocycles. The third-order valence-corrected chi connectivity index (χ3v) is 3.31. The van der Waals surface area contributed by atoms with E-state index in [9.17, 15) is 9.50 Å². The molecule has 1 aromatic carbocycles. The molecule has 1 aliphatic heterocycles. The normalized spacial score (nSPS) is 22.8. The minimum Gasteiger partial charge on any atom is -0.507 e. The van der Waals surface area contributed by atoms with Gasteiger partial charge < -0.3 is 14.4 Å². The van der Waals surface area contributed by atoms with Gasteiger partial charge in [0.1, 0.15) is 17.2 Å². The van der Waals surface area contributed by atoms with Crippen LogP contribution in [0.1, 0.15) is 25.6 Å². The van der Waals surface area contributed by atoms with E-state index in [2.05, 4.69) is 10.1 Å². The third kappa shape index (κ3) is 2.08. The number of rotatable bonds is 2. The smallest absolute Gasteiger partial charge is 0.261 e. The lowest BCUT2D eigenvalue weighted by Crippen LogP contribution is -2.21. The molecule has 3 rings (SSSR count). The van der Waals surface area contributed by atoms with Gasteiger partial charge in [0.25, 0.3) is 5.89 Å². The highest BCUT2D eigenvalue weighted by molar-refractivity contribution is 5.61. The summed E-state index contributed by atoms with van der Waals surface area (Å²) in [5, 5.41) is 13.6. The van der Waals surface area contributed by atoms with Crippen LogP contribution in [0.5, 0.6) is 5.75 Å². The van der Waals surface area contributed by atoms with Crippen LogP contribution >= 0.6 is 0 Å². The number of hydrogen-bond donors (Lipinski definition) is 1. The number of aromatic nitrogens is 2. The Labute approximate surface area is 109 Å². The average Bonchev–Trinajstić information content (AvgIpc) is 3.02. The lowest BCUT2D eigenvalue weighted by molar-refractivity contribution is 0.00768. The third-order valence-electron chi connectivity index (χ3n) is 3.31. The Bertz CT molecular complexity index is 606. The van der Waals surface area contributed by atoms with Crippen LogP contribution in [0.15, 0.2) is 22.7 Å². The van der Waals surface area contributed by atoms with Gasteiger partial charge in [0.15, 0.2) is 0 Å². The molecule has 100 valence electrons. The molecule has 6 heteroatoms. The molecule has 19 heavy (non-hydrogen) atoms. The minimum atomic E-state index is -0.565. The summed E-state index contributed by atoms with van der Waals surface area (Å²) in [5.74, 6) is -0.0719. The Balaban J connectivity index is 1.99. The number of hydrogen-bond acceptors (Lipinski definition) is 5. The van der Waals surface area contributed by atoms with Crippen LogP contribution in [0, 0.1) is 5.82 Å². The van der Waals surface area contributed by atoms with Crippen molar-refractivity contribution in [3.05, 3.63) is 29.8 Å². The van der Waals surface area contributed by atoms with Gasteiger partial charge in [-0.05, 0) is 38.0 Å². The number of benzene rings is 1. The summed E-state index contributed by atoms with van der Waals surface area (Å²) >= 11 is 0. The van der Waals surface area contributed by atoms with E-state index in [-0.39, 0.29) is 17.2 Å². The van der Waals surface area contributed by atoms with Crippen LogP contribution in [0.25, 0.3) is 11.5 Å². The Morgan fingerprint density at radius 1 is 1.42 bits per heavy atom. The first kappa shape index (κ1) is 12.1. The molecule has 0 radical (unpaired) electrons. The Morgan fingerprint density at radius 3 is 3.00 bits per heavy atom. The molecule has 0 spiro atoms. The quantitative estimate of drug-likeness (QED) is 0.903. The van der Waals surface area contributed by atoms with E-state index in [0.29, 0.717) is 12.4 Å². The first-order valence-electron chi connectivity index (χ1n) is 6.05. The van der Waals surface area contributed by atoms with Gasteiger partial charge in [0.05, 0.1) is 5.56 Å². The summed E-state index contributed by atoms with van der Waals surface area (Å²) in [6.07, 6.45) is 1.74. The van der Waals surface area contributed by atoms with E-state index >= 15 is 0 Å². The van der Waals surface area contributed by atoms with Crippen LogP contribution in [0.3, 0.4) is 0 Å². The number of ether oxygens (including phenoxy) is 1. The molecule has 5 nitrogen and oxygen atoms in total. The van der Waals surface area contributed by atoms with Crippen LogP contribution < -0.4 is 0 Å². The van der Waals surface area contributed by atoms with Crippen molar-refractivity contribution in [1.29, 1.82) is 0 Å². The average molecular weight is 264 g/mol. The van der Waals surface area contributed by atoms with Crippen molar-refractivity contribution in [2.24, 2.45) is 0 Å². The van der Waals surface area contributed by atoms with Crippen LogP contribution in [-0.4, -0.2) is 21.9 Å². The second-order valence-electron chi connectivity index (χ2n) is 4.77. The summed E-state index contributed by atoms with van der Waals surface area (Å²) < 4.78 is 23.9. The highest BCUT2D eigenvalue weighted by Gasteiger charge is 2.36. The molecule has 0 saturated carbocycles. The van der Waals surface area contributed by atoms with Gasteiger partial charge in [0, 0.05) is 6.61 Å². The van der Waals surface area contributed by atoms with Crippen molar-refractivity contribution in [2.45, 2.75) is 25.4 Å². The molecule has 1 fully saturated rings. The van der Waals surface area contributed by atoms with E-state index < -0.39 is 11.4 Å². The van der Waals surface area contributed by atoms with Crippen LogP contribution in [0.4, 0.5) is 4.39 Å². The molecule has 1 aromatic heterocycles. The summed E-state index contributed by atoms with van der Waals surface area (Å²) in [4.78, 5) is 4.21. The zero-order valence-corrected chi connectivity index (χ0v) is 10.4. The monoisotopic (exact) mass is 264 g/mol. The van der Waals surface area contributed by atoms with Crippen molar-refractivity contribution in [2.75, 3.05) is 6.61 Å². The predicted octanol–water partition coefficient (Wildman–Crippen LogP) is 2.61. The van der Waals surface area contributed by atoms with Gasteiger partial charge >= 0.3 is 0 Å². The SMILES string of the molecule is CC1(c2noc(-c3cc(F)ccc3O)n2)CCCO1. The van der Waals surface area contributed by atoms with Crippen LogP contribution in [-0.2, 0) is 10.3 Å². The maximum absolute atomic E-state index is 13.2.